The molecule has 0 aliphatic carbocycles. The van der Waals surface area contributed by atoms with Gasteiger partial charge in [0.2, 0.25) is 5.91 Å². The molecule has 0 radical (unpaired) electrons. The zero-order chi connectivity index (χ0) is 24.1. The van der Waals surface area contributed by atoms with Crippen LogP contribution in [0.4, 0.5) is 0 Å². The number of nitrogens with zero attached hydrogens (tertiary/aromatic N) is 2. The second-order valence-corrected chi connectivity index (χ2v) is 10.8. The molecule has 2 unspecified atom stereocenters. The molecule has 2 aliphatic heterocycles. The van der Waals surface area contributed by atoms with Crippen LogP contribution in [0, 0.1) is 5.92 Å². The molecule has 2 aromatic carbocycles. The molecule has 182 valence electrons. The van der Waals surface area contributed by atoms with E-state index < -0.39 is 6.10 Å². The summed E-state index contributed by atoms with van der Waals surface area (Å²) in [5.41, 5.74) is 3.44. The average Bonchev–Trinajstić information content (AvgIpc) is 2.86. The van der Waals surface area contributed by atoms with Crippen LogP contribution >= 0.6 is 11.8 Å². The van der Waals surface area contributed by atoms with E-state index in [2.05, 4.69) is 38.1 Å². The van der Waals surface area contributed by atoms with Crippen molar-refractivity contribution in [1.29, 1.82) is 0 Å². The summed E-state index contributed by atoms with van der Waals surface area (Å²) in [6.45, 7) is 8.46. The van der Waals surface area contributed by atoms with E-state index in [1.54, 1.807) is 0 Å². The molecular weight excluding hydrogens is 444 g/mol. The van der Waals surface area contributed by atoms with Crippen LogP contribution in [-0.2, 0) is 16.0 Å². The summed E-state index contributed by atoms with van der Waals surface area (Å²) in [5.74, 6) is 3.24. The summed E-state index contributed by atoms with van der Waals surface area (Å²) in [7, 11) is 0. The molecule has 2 aliphatic rings. The van der Waals surface area contributed by atoms with Gasteiger partial charge in [-0.3, -0.25) is 9.59 Å². The van der Waals surface area contributed by atoms with Gasteiger partial charge in [0.1, 0.15) is 5.75 Å². The minimum absolute atomic E-state index is 0.0777. The molecule has 2 aromatic rings. The first-order valence-corrected chi connectivity index (χ1v) is 13.6. The maximum absolute atomic E-state index is 13.2. The lowest BCUT2D eigenvalue weighted by molar-refractivity contribution is -0.138. The smallest absolute Gasteiger partial charge is 0.263 e. The normalized spacial score (nSPS) is 19.0. The van der Waals surface area contributed by atoms with E-state index in [4.69, 9.17) is 4.74 Å². The minimum atomic E-state index is -0.487. The fourth-order valence-electron chi connectivity index (χ4n) is 4.86. The molecule has 5 nitrogen and oxygen atoms in total. The Morgan fingerprint density at radius 1 is 1.06 bits per heavy atom. The predicted octanol–water partition coefficient (Wildman–Crippen LogP) is 4.94. The number of carbonyl (C=O) groups is 2. The summed E-state index contributed by atoms with van der Waals surface area (Å²) in [6, 6.07) is 16.2. The summed E-state index contributed by atoms with van der Waals surface area (Å²) in [6.07, 6.45) is 1.50. The average molecular weight is 481 g/mol. The third kappa shape index (κ3) is 5.60. The monoisotopic (exact) mass is 480 g/mol. The van der Waals surface area contributed by atoms with Crippen LogP contribution in [0.2, 0.25) is 0 Å². The highest BCUT2D eigenvalue weighted by atomic mass is 32.2. The number of carbonyl (C=O) groups excluding carboxylic acids is 2. The van der Waals surface area contributed by atoms with E-state index >= 15 is 0 Å². The molecule has 2 atom stereocenters. The van der Waals surface area contributed by atoms with Gasteiger partial charge in [0.05, 0.1) is 6.04 Å². The van der Waals surface area contributed by atoms with Crippen molar-refractivity contribution in [3.8, 4) is 5.75 Å². The van der Waals surface area contributed by atoms with Gasteiger partial charge in [-0.2, -0.15) is 11.8 Å². The summed E-state index contributed by atoms with van der Waals surface area (Å²) >= 11 is 1.89. The molecule has 6 heteroatoms. The van der Waals surface area contributed by atoms with Gasteiger partial charge in [0, 0.05) is 37.6 Å². The summed E-state index contributed by atoms with van der Waals surface area (Å²) in [5, 5.41) is 0. The Balaban J connectivity index is 1.63. The Bertz CT molecular complexity index is 988. The van der Waals surface area contributed by atoms with Crippen molar-refractivity contribution in [2.24, 2.45) is 5.92 Å². The fraction of sp³-hybridized carbons (Fsp3) is 0.500. The van der Waals surface area contributed by atoms with Crippen molar-refractivity contribution in [2.45, 2.75) is 52.2 Å². The number of amides is 2. The molecule has 1 fully saturated rings. The number of hydrogen-bond acceptors (Lipinski definition) is 4. The Hall–Kier alpha value is -2.47. The molecule has 0 bridgehead atoms. The van der Waals surface area contributed by atoms with Gasteiger partial charge in [-0.15, -0.1) is 0 Å². The van der Waals surface area contributed by atoms with E-state index in [0.29, 0.717) is 31.1 Å². The first kappa shape index (κ1) is 24.6. The van der Waals surface area contributed by atoms with Gasteiger partial charge < -0.3 is 14.5 Å². The van der Waals surface area contributed by atoms with Crippen molar-refractivity contribution in [3.63, 3.8) is 0 Å². The standard InChI is InChI=1S/C28H36N2O3S/c1-4-25(28(32)29-14-16-34-17-15-29)33-23-11-10-21-12-13-30(26(31)18-20(2)3)27(24(21)19-23)22-8-6-5-7-9-22/h5-11,19-20,25,27H,4,12-18H2,1-3H3. The van der Waals surface area contributed by atoms with E-state index in [1.165, 1.54) is 5.56 Å². The lowest BCUT2D eigenvalue weighted by Crippen LogP contribution is -2.45. The lowest BCUT2D eigenvalue weighted by Gasteiger charge is -2.38. The molecule has 2 amide bonds. The largest absolute Gasteiger partial charge is 0.481 e. The molecule has 0 saturated carbocycles. The van der Waals surface area contributed by atoms with Crippen LogP contribution in [0.15, 0.2) is 48.5 Å². The molecule has 2 heterocycles. The van der Waals surface area contributed by atoms with Crippen LogP contribution in [0.1, 0.15) is 56.3 Å². The molecule has 0 N–H and O–H groups in total. The summed E-state index contributed by atoms with van der Waals surface area (Å²) in [4.78, 5) is 30.3. The van der Waals surface area contributed by atoms with E-state index in [9.17, 15) is 9.59 Å². The molecule has 0 spiro atoms. The van der Waals surface area contributed by atoms with Crippen molar-refractivity contribution in [1.82, 2.24) is 9.80 Å². The van der Waals surface area contributed by atoms with E-state index in [-0.39, 0.29) is 17.9 Å². The maximum atomic E-state index is 13.2. The van der Waals surface area contributed by atoms with Gasteiger partial charge >= 0.3 is 0 Å². The first-order chi connectivity index (χ1) is 16.5. The number of thioether (sulfide) groups is 1. The first-order valence-electron chi connectivity index (χ1n) is 12.5. The third-order valence-corrected chi connectivity index (χ3v) is 7.55. The molecule has 0 aromatic heterocycles. The highest BCUT2D eigenvalue weighted by molar-refractivity contribution is 7.99. The second-order valence-electron chi connectivity index (χ2n) is 9.56. The van der Waals surface area contributed by atoms with Crippen LogP contribution in [0.25, 0.3) is 0 Å². The number of fused-ring (bicyclic) bond motifs is 1. The fourth-order valence-corrected chi connectivity index (χ4v) is 5.76. The Morgan fingerprint density at radius 2 is 1.79 bits per heavy atom. The third-order valence-electron chi connectivity index (χ3n) is 6.61. The van der Waals surface area contributed by atoms with Crippen molar-refractivity contribution < 1.29 is 14.3 Å². The maximum Gasteiger partial charge on any atom is 0.263 e. The van der Waals surface area contributed by atoms with Crippen LogP contribution in [0.5, 0.6) is 5.75 Å². The molecule has 34 heavy (non-hydrogen) atoms. The van der Waals surface area contributed by atoms with Gasteiger partial charge in [-0.25, -0.2) is 0 Å². The minimum Gasteiger partial charge on any atom is -0.481 e. The Morgan fingerprint density at radius 3 is 2.47 bits per heavy atom. The quantitative estimate of drug-likeness (QED) is 0.563. The SMILES string of the molecule is CCC(Oc1ccc2c(c1)C(c1ccccc1)N(C(=O)CC(C)C)CC2)C(=O)N1CCSCC1. The topological polar surface area (TPSA) is 49.9 Å². The Kier molecular flexibility index (Phi) is 8.19. The zero-order valence-electron chi connectivity index (χ0n) is 20.5. The molecular formula is C28H36N2O3S. The van der Waals surface area contributed by atoms with Gasteiger partial charge in [0.25, 0.3) is 5.91 Å². The molecule has 4 rings (SSSR count). The number of benzene rings is 2. The zero-order valence-corrected chi connectivity index (χ0v) is 21.4. The second kappa shape index (κ2) is 11.3. The molecule has 1 saturated heterocycles. The number of rotatable bonds is 7. The number of hydrogen-bond donors (Lipinski definition) is 0. The van der Waals surface area contributed by atoms with E-state index in [1.807, 2.05) is 52.8 Å². The van der Waals surface area contributed by atoms with E-state index in [0.717, 1.165) is 42.1 Å². The van der Waals surface area contributed by atoms with Crippen LogP contribution in [-0.4, -0.2) is 58.9 Å². The Labute approximate surface area is 207 Å². The van der Waals surface area contributed by atoms with Gasteiger partial charge in [-0.1, -0.05) is 57.2 Å². The van der Waals surface area contributed by atoms with Gasteiger partial charge in [-0.05, 0) is 47.6 Å². The van der Waals surface area contributed by atoms with Crippen LogP contribution < -0.4 is 4.74 Å². The highest BCUT2D eigenvalue weighted by Gasteiger charge is 2.33. The lowest BCUT2D eigenvalue weighted by atomic mass is 9.87. The van der Waals surface area contributed by atoms with Gasteiger partial charge in [0.15, 0.2) is 6.10 Å². The van der Waals surface area contributed by atoms with Crippen LogP contribution in [0.3, 0.4) is 0 Å². The van der Waals surface area contributed by atoms with Crippen molar-refractivity contribution in [2.75, 3.05) is 31.1 Å². The predicted molar refractivity (Wildman–Crippen MR) is 138 cm³/mol. The van der Waals surface area contributed by atoms with Crippen molar-refractivity contribution >= 4 is 23.6 Å². The summed E-state index contributed by atoms with van der Waals surface area (Å²) < 4.78 is 6.29. The number of ether oxygens (including phenoxy) is 1. The van der Waals surface area contributed by atoms with Crippen molar-refractivity contribution in [3.05, 3.63) is 65.2 Å². The highest BCUT2D eigenvalue weighted by Crippen LogP contribution is 2.38.